The Morgan fingerprint density at radius 1 is 1.24 bits per heavy atom. The quantitative estimate of drug-likeness (QED) is 0.818. The van der Waals surface area contributed by atoms with E-state index >= 15 is 0 Å². The Morgan fingerprint density at radius 3 is 2.57 bits per heavy atom. The summed E-state index contributed by atoms with van der Waals surface area (Å²) in [4.78, 5) is 26.7. The van der Waals surface area contributed by atoms with Crippen molar-refractivity contribution in [3.8, 4) is 0 Å². The van der Waals surface area contributed by atoms with Gasteiger partial charge >= 0.3 is 0 Å². The van der Waals surface area contributed by atoms with Gasteiger partial charge in [-0.25, -0.2) is 0 Å². The van der Waals surface area contributed by atoms with Crippen LogP contribution < -0.4 is 5.32 Å². The fourth-order valence-corrected chi connectivity index (χ4v) is 3.63. The van der Waals surface area contributed by atoms with Crippen LogP contribution in [0.3, 0.4) is 0 Å². The highest BCUT2D eigenvalue weighted by Crippen LogP contribution is 2.29. The maximum absolute atomic E-state index is 12.8. The van der Waals surface area contributed by atoms with Crippen molar-refractivity contribution < 1.29 is 14.0 Å². The summed E-state index contributed by atoms with van der Waals surface area (Å²) in [6.07, 6.45) is 7.30. The van der Waals surface area contributed by atoms with E-state index in [1.807, 2.05) is 6.92 Å². The van der Waals surface area contributed by atoms with E-state index in [1.54, 1.807) is 4.90 Å². The molecule has 21 heavy (non-hydrogen) atoms. The summed E-state index contributed by atoms with van der Waals surface area (Å²) < 4.78 is 12.5. The third kappa shape index (κ3) is 3.74. The minimum atomic E-state index is -0.446. The number of piperazine rings is 1. The highest BCUT2D eigenvalue weighted by atomic mass is 19.1. The molecule has 2 rings (SSSR count). The monoisotopic (exact) mass is 298 g/mol. The first-order valence-electron chi connectivity index (χ1n) is 8.35. The Kier molecular flexibility index (Phi) is 6.00. The zero-order chi connectivity index (χ0) is 15.2. The van der Waals surface area contributed by atoms with Gasteiger partial charge in [-0.05, 0) is 31.6 Å². The van der Waals surface area contributed by atoms with E-state index in [1.165, 1.54) is 6.42 Å². The maximum atomic E-state index is 12.8. The van der Waals surface area contributed by atoms with Crippen molar-refractivity contribution in [2.45, 2.75) is 70.4 Å². The summed E-state index contributed by atoms with van der Waals surface area (Å²) in [7, 11) is 0. The highest BCUT2D eigenvalue weighted by Gasteiger charge is 2.42. The number of alkyl halides is 1. The van der Waals surface area contributed by atoms with Crippen LogP contribution in [0.2, 0.25) is 0 Å². The highest BCUT2D eigenvalue weighted by molar-refractivity contribution is 5.97. The van der Waals surface area contributed by atoms with Crippen molar-refractivity contribution in [3.63, 3.8) is 0 Å². The Balaban J connectivity index is 2.11. The van der Waals surface area contributed by atoms with Gasteiger partial charge in [0.2, 0.25) is 11.8 Å². The van der Waals surface area contributed by atoms with Gasteiger partial charge < -0.3 is 10.2 Å². The van der Waals surface area contributed by atoms with Gasteiger partial charge in [0.05, 0.1) is 6.67 Å². The lowest BCUT2D eigenvalue weighted by molar-refractivity contribution is -0.151. The van der Waals surface area contributed by atoms with Crippen LogP contribution in [-0.4, -0.2) is 42.0 Å². The number of nitrogens with zero attached hydrogens (tertiary/aromatic N) is 1. The summed E-state index contributed by atoms with van der Waals surface area (Å²) in [5.74, 6) is 0.213. The smallest absolute Gasteiger partial charge is 0.246 e. The van der Waals surface area contributed by atoms with E-state index in [-0.39, 0.29) is 23.8 Å². The molecular weight excluding hydrogens is 271 g/mol. The minimum absolute atomic E-state index is 0.00778. The topological polar surface area (TPSA) is 49.4 Å². The molecule has 2 amide bonds. The molecule has 1 aliphatic heterocycles. The molecule has 1 heterocycles. The molecule has 0 aromatic rings. The van der Waals surface area contributed by atoms with Crippen LogP contribution in [0, 0.1) is 5.92 Å². The van der Waals surface area contributed by atoms with Crippen LogP contribution >= 0.6 is 0 Å². The largest absolute Gasteiger partial charge is 0.342 e. The van der Waals surface area contributed by atoms with Crippen LogP contribution in [0.25, 0.3) is 0 Å². The van der Waals surface area contributed by atoms with Crippen LogP contribution in [0.5, 0.6) is 0 Å². The second-order valence-electron chi connectivity index (χ2n) is 6.26. The number of halogens is 1. The molecule has 1 saturated heterocycles. The van der Waals surface area contributed by atoms with Crippen molar-refractivity contribution in [2.24, 2.45) is 5.92 Å². The lowest BCUT2D eigenvalue weighted by Crippen LogP contribution is -2.65. The lowest BCUT2D eigenvalue weighted by Gasteiger charge is -2.42. The van der Waals surface area contributed by atoms with Crippen LogP contribution in [0.1, 0.15) is 58.3 Å². The summed E-state index contributed by atoms with van der Waals surface area (Å²) in [6, 6.07) is -0.792. The Bertz CT molecular complexity index is 369. The molecule has 2 fully saturated rings. The molecule has 2 unspecified atom stereocenters. The van der Waals surface area contributed by atoms with Gasteiger partial charge in [-0.2, -0.15) is 0 Å². The molecule has 2 atom stereocenters. The minimum Gasteiger partial charge on any atom is -0.342 e. The molecule has 1 aliphatic carbocycles. The lowest BCUT2D eigenvalue weighted by atomic mass is 9.82. The molecule has 1 saturated carbocycles. The van der Waals surface area contributed by atoms with Gasteiger partial charge in [-0.15, -0.1) is 0 Å². The molecule has 0 spiro atoms. The van der Waals surface area contributed by atoms with E-state index < -0.39 is 12.7 Å². The first-order valence-corrected chi connectivity index (χ1v) is 8.35. The summed E-state index contributed by atoms with van der Waals surface area (Å²) >= 11 is 0. The standard InChI is InChI=1S/C16H27FN2O2/c1-2-7-13-15(20)18-14(12-8-4-3-5-9-12)16(21)19(13)11-6-10-17/h12-14H,2-11H2,1H3,(H,18,20). The van der Waals surface area contributed by atoms with Gasteiger partial charge in [0, 0.05) is 6.54 Å². The first-order chi connectivity index (χ1) is 10.2. The molecular formula is C16H27FN2O2. The van der Waals surface area contributed by atoms with Crippen molar-refractivity contribution in [2.75, 3.05) is 13.2 Å². The predicted octanol–water partition coefficient (Wildman–Crippen LogP) is 2.42. The Labute approximate surface area is 126 Å². The molecule has 120 valence electrons. The molecule has 4 nitrogen and oxygen atoms in total. The summed E-state index contributed by atoms with van der Waals surface area (Å²) in [5.41, 5.74) is 0. The SMILES string of the molecule is CCCC1C(=O)NC(C2CCCCC2)C(=O)N1CCCF. The molecule has 5 heteroatoms. The molecule has 0 aromatic carbocycles. The fraction of sp³-hybridized carbons (Fsp3) is 0.875. The number of rotatable bonds is 6. The molecule has 1 N–H and O–H groups in total. The van der Waals surface area contributed by atoms with E-state index in [9.17, 15) is 14.0 Å². The zero-order valence-electron chi connectivity index (χ0n) is 12.9. The third-order valence-corrected chi connectivity index (χ3v) is 4.74. The van der Waals surface area contributed by atoms with Crippen LogP contribution in [0.15, 0.2) is 0 Å². The first kappa shape index (κ1) is 16.2. The Morgan fingerprint density at radius 2 is 1.95 bits per heavy atom. The van der Waals surface area contributed by atoms with E-state index in [0.717, 1.165) is 32.1 Å². The van der Waals surface area contributed by atoms with Gasteiger partial charge in [0.15, 0.2) is 0 Å². The molecule has 0 aromatic heterocycles. The third-order valence-electron chi connectivity index (χ3n) is 4.74. The molecule has 0 bridgehead atoms. The van der Waals surface area contributed by atoms with Gasteiger partial charge in [-0.1, -0.05) is 32.6 Å². The normalized spacial score (nSPS) is 27.8. The summed E-state index contributed by atoms with van der Waals surface area (Å²) in [6.45, 7) is 1.91. The molecule has 2 aliphatic rings. The van der Waals surface area contributed by atoms with Crippen molar-refractivity contribution >= 4 is 11.8 Å². The Hall–Kier alpha value is -1.13. The van der Waals surface area contributed by atoms with Gasteiger partial charge in [-0.3, -0.25) is 14.0 Å². The number of hydrogen-bond donors (Lipinski definition) is 1. The van der Waals surface area contributed by atoms with E-state index in [0.29, 0.717) is 19.4 Å². The van der Waals surface area contributed by atoms with E-state index in [2.05, 4.69) is 5.32 Å². The fourth-order valence-electron chi connectivity index (χ4n) is 3.63. The average molecular weight is 298 g/mol. The van der Waals surface area contributed by atoms with E-state index in [4.69, 9.17) is 0 Å². The number of carbonyl (C=O) groups excluding carboxylic acids is 2. The number of amides is 2. The number of nitrogens with one attached hydrogen (secondary N) is 1. The summed E-state index contributed by atoms with van der Waals surface area (Å²) in [5, 5.41) is 2.95. The average Bonchev–Trinajstić information content (AvgIpc) is 2.51. The van der Waals surface area contributed by atoms with Gasteiger partial charge in [0.25, 0.3) is 0 Å². The second-order valence-corrected chi connectivity index (χ2v) is 6.26. The number of carbonyl (C=O) groups is 2. The number of hydrogen-bond acceptors (Lipinski definition) is 2. The van der Waals surface area contributed by atoms with Crippen LogP contribution in [0.4, 0.5) is 4.39 Å². The zero-order valence-corrected chi connectivity index (χ0v) is 12.9. The predicted molar refractivity (Wildman–Crippen MR) is 79.5 cm³/mol. The van der Waals surface area contributed by atoms with Crippen LogP contribution in [-0.2, 0) is 9.59 Å². The van der Waals surface area contributed by atoms with Crippen molar-refractivity contribution in [1.82, 2.24) is 10.2 Å². The molecule has 0 radical (unpaired) electrons. The van der Waals surface area contributed by atoms with Crippen molar-refractivity contribution in [3.05, 3.63) is 0 Å². The second kappa shape index (κ2) is 7.76. The van der Waals surface area contributed by atoms with Gasteiger partial charge in [0.1, 0.15) is 12.1 Å². The van der Waals surface area contributed by atoms with Crippen molar-refractivity contribution in [1.29, 1.82) is 0 Å². The maximum Gasteiger partial charge on any atom is 0.246 e.